The Kier molecular flexibility index (Phi) is 3.92. The quantitative estimate of drug-likeness (QED) is 0.742. The minimum atomic E-state index is -1.42. The highest BCUT2D eigenvalue weighted by Gasteiger charge is 2.09. The van der Waals surface area contributed by atoms with Crippen LogP contribution in [0.5, 0.6) is 5.75 Å². The Morgan fingerprint density at radius 2 is 2.08 bits per heavy atom. The van der Waals surface area contributed by atoms with Crippen molar-refractivity contribution in [3.05, 3.63) is 24.3 Å². The summed E-state index contributed by atoms with van der Waals surface area (Å²) >= 11 is -1.42. The summed E-state index contributed by atoms with van der Waals surface area (Å²) < 4.78 is 21.4. The fraction of sp³-hybridized carbons (Fsp3) is 0.333. The van der Waals surface area contributed by atoms with Gasteiger partial charge in [-0.1, -0.05) is 12.1 Å². The second-order valence-electron chi connectivity index (χ2n) is 2.29. The van der Waals surface area contributed by atoms with E-state index in [0.717, 1.165) is 0 Å². The molecule has 0 heterocycles. The summed E-state index contributed by atoms with van der Waals surface area (Å²) in [7, 11) is 1.54. The Bertz CT molecular complexity index is 299. The summed E-state index contributed by atoms with van der Waals surface area (Å²) in [5, 5.41) is 0. The molecule has 0 spiro atoms. The van der Waals surface area contributed by atoms with Gasteiger partial charge in [-0.3, -0.25) is 4.18 Å². The molecule has 0 radical (unpaired) electrons. The van der Waals surface area contributed by atoms with Crippen LogP contribution < -0.4 is 4.74 Å². The zero-order chi connectivity index (χ0) is 9.68. The topological polar surface area (TPSA) is 35.5 Å². The monoisotopic (exact) mass is 200 g/mol. The molecule has 0 aliphatic carbocycles. The van der Waals surface area contributed by atoms with Crippen molar-refractivity contribution in [2.45, 2.75) is 11.8 Å². The van der Waals surface area contributed by atoms with E-state index in [9.17, 15) is 4.21 Å². The highest BCUT2D eigenvalue weighted by molar-refractivity contribution is 7.80. The van der Waals surface area contributed by atoms with Crippen molar-refractivity contribution < 1.29 is 13.1 Å². The first kappa shape index (κ1) is 10.2. The summed E-state index contributed by atoms with van der Waals surface area (Å²) in [6, 6.07) is 7.11. The maximum atomic E-state index is 11.4. The smallest absolute Gasteiger partial charge is 0.192 e. The molecule has 1 aromatic rings. The summed E-state index contributed by atoms with van der Waals surface area (Å²) in [5.41, 5.74) is 0. The van der Waals surface area contributed by atoms with Crippen molar-refractivity contribution in [2.24, 2.45) is 0 Å². The maximum absolute atomic E-state index is 11.4. The standard InChI is InChI=1S/C9H12O3S/c1-3-12-13(10)9-7-5-4-6-8(9)11-2/h4-7H,3H2,1-2H3/t13-/m1/s1. The predicted molar refractivity (Wildman–Crippen MR) is 51.0 cm³/mol. The number of methoxy groups -OCH3 is 1. The third-order valence-electron chi connectivity index (χ3n) is 1.47. The molecule has 0 N–H and O–H groups in total. The second-order valence-corrected chi connectivity index (χ2v) is 3.44. The number of para-hydroxylation sites is 1. The summed E-state index contributed by atoms with van der Waals surface area (Å²) in [4.78, 5) is 0.576. The molecule has 4 heteroatoms. The van der Waals surface area contributed by atoms with Gasteiger partial charge in [0.25, 0.3) is 0 Å². The van der Waals surface area contributed by atoms with Crippen LogP contribution >= 0.6 is 0 Å². The zero-order valence-corrected chi connectivity index (χ0v) is 8.47. The first-order valence-electron chi connectivity index (χ1n) is 3.97. The molecule has 0 bridgehead atoms. The summed E-state index contributed by atoms with van der Waals surface area (Å²) in [6.07, 6.45) is 0. The lowest BCUT2D eigenvalue weighted by Crippen LogP contribution is -1.99. The van der Waals surface area contributed by atoms with E-state index in [4.69, 9.17) is 8.92 Å². The van der Waals surface area contributed by atoms with Gasteiger partial charge in [0, 0.05) is 0 Å². The van der Waals surface area contributed by atoms with Gasteiger partial charge in [0.15, 0.2) is 11.1 Å². The summed E-state index contributed by atoms with van der Waals surface area (Å²) in [6.45, 7) is 2.22. The van der Waals surface area contributed by atoms with Crippen molar-refractivity contribution in [3.8, 4) is 5.75 Å². The van der Waals surface area contributed by atoms with Crippen LogP contribution in [0.1, 0.15) is 6.92 Å². The third-order valence-corrected chi connectivity index (χ3v) is 2.62. The van der Waals surface area contributed by atoms with Crippen molar-refractivity contribution >= 4 is 11.1 Å². The molecule has 13 heavy (non-hydrogen) atoms. The third kappa shape index (κ3) is 2.54. The number of rotatable bonds is 4. The van der Waals surface area contributed by atoms with Gasteiger partial charge >= 0.3 is 0 Å². The van der Waals surface area contributed by atoms with Gasteiger partial charge in [-0.15, -0.1) is 0 Å². The average molecular weight is 200 g/mol. The Morgan fingerprint density at radius 1 is 1.38 bits per heavy atom. The lowest BCUT2D eigenvalue weighted by molar-refractivity contribution is 0.364. The van der Waals surface area contributed by atoms with E-state index in [1.807, 2.05) is 6.07 Å². The van der Waals surface area contributed by atoms with E-state index in [0.29, 0.717) is 17.3 Å². The number of hydrogen-bond donors (Lipinski definition) is 0. The minimum absolute atomic E-state index is 0.421. The first-order chi connectivity index (χ1) is 6.29. The van der Waals surface area contributed by atoms with Gasteiger partial charge in [0.05, 0.1) is 13.7 Å². The van der Waals surface area contributed by atoms with E-state index in [-0.39, 0.29) is 0 Å². The van der Waals surface area contributed by atoms with Crippen LogP contribution in [-0.4, -0.2) is 17.9 Å². The molecule has 72 valence electrons. The fourth-order valence-corrected chi connectivity index (χ4v) is 1.77. The molecule has 0 unspecified atom stereocenters. The van der Waals surface area contributed by atoms with Crippen LogP contribution in [0.2, 0.25) is 0 Å². The SMILES string of the molecule is CCO[S@@](=O)c1ccccc1OC. The van der Waals surface area contributed by atoms with Crippen molar-refractivity contribution in [2.75, 3.05) is 13.7 Å². The summed E-state index contributed by atoms with van der Waals surface area (Å²) in [5.74, 6) is 0.592. The number of ether oxygens (including phenoxy) is 1. The Balaban J connectivity index is 2.92. The van der Waals surface area contributed by atoms with E-state index in [2.05, 4.69) is 0 Å². The highest BCUT2D eigenvalue weighted by atomic mass is 32.2. The zero-order valence-electron chi connectivity index (χ0n) is 7.65. The molecule has 1 atom stereocenters. The van der Waals surface area contributed by atoms with Gasteiger partial charge in [0.1, 0.15) is 10.6 Å². The maximum Gasteiger partial charge on any atom is 0.192 e. The van der Waals surface area contributed by atoms with E-state index < -0.39 is 11.1 Å². The highest BCUT2D eigenvalue weighted by Crippen LogP contribution is 2.21. The minimum Gasteiger partial charge on any atom is -0.495 e. The van der Waals surface area contributed by atoms with Crippen LogP contribution in [0.15, 0.2) is 29.2 Å². The molecule has 0 amide bonds. The van der Waals surface area contributed by atoms with Crippen LogP contribution in [-0.2, 0) is 15.3 Å². The first-order valence-corrected chi connectivity index (χ1v) is 5.05. The van der Waals surface area contributed by atoms with Crippen LogP contribution in [0.4, 0.5) is 0 Å². The molecule has 0 fully saturated rings. The van der Waals surface area contributed by atoms with Crippen molar-refractivity contribution in [1.82, 2.24) is 0 Å². The molecule has 1 aromatic carbocycles. The lowest BCUT2D eigenvalue weighted by Gasteiger charge is -2.06. The number of benzene rings is 1. The van der Waals surface area contributed by atoms with Gasteiger partial charge < -0.3 is 4.74 Å². The molecular weight excluding hydrogens is 188 g/mol. The molecule has 0 saturated carbocycles. The van der Waals surface area contributed by atoms with Gasteiger partial charge in [-0.05, 0) is 19.1 Å². The largest absolute Gasteiger partial charge is 0.495 e. The van der Waals surface area contributed by atoms with Gasteiger partial charge in [-0.2, -0.15) is 0 Å². The fourth-order valence-electron chi connectivity index (χ4n) is 0.927. The average Bonchev–Trinajstić information content (AvgIpc) is 2.18. The molecule has 0 saturated heterocycles. The number of hydrogen-bond acceptors (Lipinski definition) is 3. The molecular formula is C9H12O3S. The molecule has 0 aliphatic heterocycles. The second kappa shape index (κ2) is 4.99. The van der Waals surface area contributed by atoms with Crippen LogP contribution in [0.3, 0.4) is 0 Å². The molecule has 0 aromatic heterocycles. The Morgan fingerprint density at radius 3 is 2.69 bits per heavy atom. The van der Waals surface area contributed by atoms with Crippen molar-refractivity contribution in [1.29, 1.82) is 0 Å². The van der Waals surface area contributed by atoms with Gasteiger partial charge in [0.2, 0.25) is 0 Å². The van der Waals surface area contributed by atoms with Crippen LogP contribution in [0.25, 0.3) is 0 Å². The molecule has 3 nitrogen and oxygen atoms in total. The van der Waals surface area contributed by atoms with Crippen LogP contribution in [0, 0.1) is 0 Å². The van der Waals surface area contributed by atoms with E-state index >= 15 is 0 Å². The van der Waals surface area contributed by atoms with Gasteiger partial charge in [-0.25, -0.2) is 4.21 Å². The normalized spacial score (nSPS) is 12.5. The predicted octanol–water partition coefficient (Wildman–Crippen LogP) is 1.75. The van der Waals surface area contributed by atoms with E-state index in [1.54, 1.807) is 32.2 Å². The molecule has 1 rings (SSSR count). The Labute approximate surface area is 80.3 Å². The molecule has 0 aliphatic rings. The Hall–Kier alpha value is -0.870. The van der Waals surface area contributed by atoms with E-state index in [1.165, 1.54) is 0 Å². The van der Waals surface area contributed by atoms with Crippen molar-refractivity contribution in [3.63, 3.8) is 0 Å². The lowest BCUT2D eigenvalue weighted by atomic mass is 10.3.